The van der Waals surface area contributed by atoms with Gasteiger partial charge in [0.1, 0.15) is 17.6 Å². The Kier molecular flexibility index (Phi) is 3.69. The molecule has 1 aliphatic heterocycles. The number of aryl methyl sites for hydroxylation is 1. The van der Waals surface area contributed by atoms with Crippen molar-refractivity contribution in [2.24, 2.45) is 0 Å². The minimum absolute atomic E-state index is 0.0142. The quantitative estimate of drug-likeness (QED) is 0.873. The summed E-state index contributed by atoms with van der Waals surface area (Å²) in [4.78, 5) is 25.3. The topological polar surface area (TPSA) is 62.6 Å². The molecule has 0 aliphatic carbocycles. The molecule has 98 valence electrons. The number of nitrogens with zero attached hydrogens (tertiary/aromatic N) is 1. The molecular formula is C13H18N2O3. The molecule has 0 unspecified atom stereocenters. The molecule has 2 heterocycles. The molecule has 2 amide bonds. The molecule has 0 bridgehead atoms. The van der Waals surface area contributed by atoms with E-state index in [0.717, 1.165) is 11.5 Å². The third-order valence-corrected chi connectivity index (χ3v) is 3.10. The molecule has 1 fully saturated rings. The Hall–Kier alpha value is -1.78. The molecule has 0 spiro atoms. The molecule has 0 aromatic carbocycles. The van der Waals surface area contributed by atoms with E-state index in [4.69, 9.17) is 4.42 Å². The van der Waals surface area contributed by atoms with Crippen LogP contribution in [0.3, 0.4) is 0 Å². The van der Waals surface area contributed by atoms with E-state index in [-0.39, 0.29) is 17.9 Å². The van der Waals surface area contributed by atoms with Crippen LogP contribution in [0.4, 0.5) is 0 Å². The summed E-state index contributed by atoms with van der Waals surface area (Å²) in [6, 6.07) is 3.34. The van der Waals surface area contributed by atoms with E-state index in [1.54, 1.807) is 4.90 Å². The van der Waals surface area contributed by atoms with Gasteiger partial charge < -0.3 is 14.6 Å². The Bertz CT molecular complexity index is 453. The van der Waals surface area contributed by atoms with E-state index < -0.39 is 0 Å². The van der Waals surface area contributed by atoms with Crippen molar-refractivity contribution in [3.05, 3.63) is 23.7 Å². The Morgan fingerprint density at radius 3 is 2.94 bits per heavy atom. The van der Waals surface area contributed by atoms with Crippen LogP contribution in [0.15, 0.2) is 16.5 Å². The van der Waals surface area contributed by atoms with Crippen molar-refractivity contribution in [1.82, 2.24) is 10.2 Å². The van der Waals surface area contributed by atoms with Crippen LogP contribution >= 0.6 is 0 Å². The van der Waals surface area contributed by atoms with Gasteiger partial charge in [0.15, 0.2) is 0 Å². The fourth-order valence-corrected chi connectivity index (χ4v) is 2.23. The molecular weight excluding hydrogens is 232 g/mol. The molecule has 2 rings (SSSR count). The number of hydrogen-bond donors (Lipinski definition) is 1. The summed E-state index contributed by atoms with van der Waals surface area (Å²) in [5.41, 5.74) is 0. The normalized spacial score (nSPS) is 19.3. The van der Waals surface area contributed by atoms with E-state index in [2.05, 4.69) is 5.32 Å². The third kappa shape index (κ3) is 2.55. The fraction of sp³-hybridized carbons (Fsp3) is 0.538. The maximum Gasteiger partial charge on any atom is 0.242 e. The van der Waals surface area contributed by atoms with Crippen LogP contribution in [-0.4, -0.2) is 29.3 Å². The average molecular weight is 250 g/mol. The summed E-state index contributed by atoms with van der Waals surface area (Å²) in [6.07, 6.45) is 1.02. The van der Waals surface area contributed by atoms with Gasteiger partial charge in [-0.25, -0.2) is 0 Å². The van der Waals surface area contributed by atoms with Crippen molar-refractivity contribution in [2.45, 2.75) is 39.3 Å². The maximum absolute atomic E-state index is 11.9. The predicted molar refractivity (Wildman–Crippen MR) is 65.7 cm³/mol. The van der Waals surface area contributed by atoms with Crippen molar-refractivity contribution in [3.8, 4) is 0 Å². The highest BCUT2D eigenvalue weighted by Gasteiger charge is 2.36. The highest BCUT2D eigenvalue weighted by molar-refractivity contribution is 5.90. The lowest BCUT2D eigenvalue weighted by atomic mass is 10.2. The largest absolute Gasteiger partial charge is 0.464 e. The summed E-state index contributed by atoms with van der Waals surface area (Å²) in [6.45, 7) is 4.68. The van der Waals surface area contributed by atoms with Crippen molar-refractivity contribution >= 4 is 11.8 Å². The Morgan fingerprint density at radius 1 is 1.56 bits per heavy atom. The van der Waals surface area contributed by atoms with Gasteiger partial charge >= 0.3 is 0 Å². The maximum atomic E-state index is 11.9. The highest BCUT2D eigenvalue weighted by Crippen LogP contribution is 2.22. The van der Waals surface area contributed by atoms with Crippen molar-refractivity contribution in [1.29, 1.82) is 0 Å². The number of likely N-dealkylation sites (N-methyl/N-ethyl adjacent to an activating group) is 1. The van der Waals surface area contributed by atoms with Crippen LogP contribution in [0.2, 0.25) is 0 Å². The second-order valence-electron chi connectivity index (χ2n) is 4.48. The van der Waals surface area contributed by atoms with Gasteiger partial charge in [-0.3, -0.25) is 9.59 Å². The zero-order valence-electron chi connectivity index (χ0n) is 10.7. The van der Waals surface area contributed by atoms with Gasteiger partial charge in [-0.2, -0.15) is 0 Å². The number of carbonyl (C=O) groups excluding carboxylic acids is 2. The van der Waals surface area contributed by atoms with Crippen LogP contribution in [-0.2, 0) is 16.1 Å². The predicted octanol–water partition coefficient (Wildman–Crippen LogP) is 1.22. The van der Waals surface area contributed by atoms with Crippen LogP contribution in [0, 0.1) is 6.92 Å². The van der Waals surface area contributed by atoms with E-state index in [1.165, 1.54) is 0 Å². The van der Waals surface area contributed by atoms with E-state index in [1.807, 2.05) is 26.0 Å². The van der Waals surface area contributed by atoms with Gasteiger partial charge in [-0.15, -0.1) is 0 Å². The van der Waals surface area contributed by atoms with Gasteiger partial charge in [0.2, 0.25) is 11.8 Å². The van der Waals surface area contributed by atoms with E-state index in [9.17, 15) is 9.59 Å². The van der Waals surface area contributed by atoms with Crippen LogP contribution in [0.1, 0.15) is 31.3 Å². The smallest absolute Gasteiger partial charge is 0.242 e. The highest BCUT2D eigenvalue weighted by atomic mass is 16.3. The van der Waals surface area contributed by atoms with Crippen molar-refractivity contribution in [3.63, 3.8) is 0 Å². The number of rotatable bonds is 4. The fourth-order valence-electron chi connectivity index (χ4n) is 2.23. The number of nitrogens with one attached hydrogen (secondary N) is 1. The monoisotopic (exact) mass is 250 g/mol. The van der Waals surface area contributed by atoms with E-state index in [0.29, 0.717) is 25.9 Å². The van der Waals surface area contributed by atoms with Crippen LogP contribution in [0.25, 0.3) is 0 Å². The molecule has 5 nitrogen and oxygen atoms in total. The van der Waals surface area contributed by atoms with Gasteiger partial charge in [-0.05, 0) is 32.4 Å². The minimum atomic E-state index is -0.358. The van der Waals surface area contributed by atoms with E-state index >= 15 is 0 Å². The molecule has 0 radical (unpaired) electrons. The molecule has 1 aliphatic rings. The second-order valence-corrected chi connectivity index (χ2v) is 4.48. The van der Waals surface area contributed by atoms with Gasteiger partial charge in [0.25, 0.3) is 0 Å². The molecule has 1 saturated heterocycles. The summed E-state index contributed by atoms with van der Waals surface area (Å²) in [5, 5.41) is 2.77. The third-order valence-electron chi connectivity index (χ3n) is 3.10. The lowest BCUT2D eigenvalue weighted by Gasteiger charge is -2.22. The second kappa shape index (κ2) is 5.25. The number of carbonyl (C=O) groups is 2. The first-order valence-corrected chi connectivity index (χ1v) is 6.24. The first-order chi connectivity index (χ1) is 8.61. The van der Waals surface area contributed by atoms with Crippen LogP contribution < -0.4 is 5.32 Å². The number of amides is 2. The van der Waals surface area contributed by atoms with Gasteiger partial charge in [0.05, 0.1) is 6.54 Å². The standard InChI is InChI=1S/C13H18N2O3/c1-3-14-13(17)11-6-7-12(16)15(11)8-10-5-4-9(2)18-10/h4-5,11H,3,6-8H2,1-2H3,(H,14,17)/t11-/m0/s1. The lowest BCUT2D eigenvalue weighted by molar-refractivity contribution is -0.136. The zero-order chi connectivity index (χ0) is 13.1. The van der Waals surface area contributed by atoms with Gasteiger partial charge in [0, 0.05) is 13.0 Å². The molecule has 1 N–H and O–H groups in total. The average Bonchev–Trinajstić information content (AvgIpc) is 2.88. The number of furan rings is 1. The molecule has 0 saturated carbocycles. The van der Waals surface area contributed by atoms with Crippen molar-refractivity contribution in [2.75, 3.05) is 6.54 Å². The molecule has 1 atom stereocenters. The first kappa shape index (κ1) is 12.7. The Balaban J connectivity index is 2.08. The minimum Gasteiger partial charge on any atom is -0.464 e. The Morgan fingerprint density at radius 2 is 2.33 bits per heavy atom. The zero-order valence-corrected chi connectivity index (χ0v) is 10.7. The SMILES string of the molecule is CCNC(=O)[C@@H]1CCC(=O)N1Cc1ccc(C)o1. The Labute approximate surface area is 106 Å². The molecule has 1 aromatic rings. The summed E-state index contributed by atoms with van der Waals surface area (Å²) in [7, 11) is 0. The van der Waals surface area contributed by atoms with Gasteiger partial charge in [-0.1, -0.05) is 0 Å². The number of likely N-dealkylation sites (tertiary alicyclic amines) is 1. The summed E-state index contributed by atoms with van der Waals surface area (Å²) in [5.74, 6) is 1.47. The summed E-state index contributed by atoms with van der Waals surface area (Å²) < 4.78 is 5.46. The van der Waals surface area contributed by atoms with Crippen molar-refractivity contribution < 1.29 is 14.0 Å². The first-order valence-electron chi connectivity index (χ1n) is 6.24. The van der Waals surface area contributed by atoms with Crippen LogP contribution in [0.5, 0.6) is 0 Å². The number of hydrogen-bond acceptors (Lipinski definition) is 3. The molecule has 1 aromatic heterocycles. The lowest BCUT2D eigenvalue weighted by Crippen LogP contribution is -2.44. The summed E-state index contributed by atoms with van der Waals surface area (Å²) >= 11 is 0. The molecule has 18 heavy (non-hydrogen) atoms. The molecule has 5 heteroatoms.